The van der Waals surface area contributed by atoms with E-state index in [0.717, 1.165) is 16.7 Å². The molecule has 0 saturated carbocycles. The van der Waals surface area contributed by atoms with Crippen molar-refractivity contribution in [1.29, 1.82) is 0 Å². The third kappa shape index (κ3) is 6.26. The van der Waals surface area contributed by atoms with Gasteiger partial charge in [0.25, 0.3) is 0 Å². The zero-order chi connectivity index (χ0) is 38.2. The zero-order valence-electron chi connectivity index (χ0n) is 30.6. The molecular weight excluding hydrogens is 704 g/mol. The van der Waals surface area contributed by atoms with E-state index in [-0.39, 0.29) is 13.2 Å². The summed E-state index contributed by atoms with van der Waals surface area (Å²) in [7, 11) is 3.23. The summed E-state index contributed by atoms with van der Waals surface area (Å²) in [4.78, 5) is 46.1. The molecule has 0 amide bonds. The monoisotopic (exact) mass is 742 g/mol. The molecule has 4 atom stereocenters. The van der Waals surface area contributed by atoms with E-state index < -0.39 is 41.2 Å². The van der Waals surface area contributed by atoms with Crippen LogP contribution in [0.15, 0.2) is 121 Å². The first-order valence-corrected chi connectivity index (χ1v) is 17.6. The molecule has 2 saturated heterocycles. The van der Waals surface area contributed by atoms with Crippen LogP contribution in [-0.4, -0.2) is 85.4 Å². The number of aromatic nitrogens is 7. The summed E-state index contributed by atoms with van der Waals surface area (Å²) in [5.74, 6) is 1.68. The zero-order valence-corrected chi connectivity index (χ0v) is 30.6. The summed E-state index contributed by atoms with van der Waals surface area (Å²) in [6.07, 6.45) is 7.38. The Bertz CT molecular complexity index is 2280. The van der Waals surface area contributed by atoms with E-state index in [2.05, 4.69) is 25.0 Å². The maximum atomic E-state index is 13.9. The number of nitrogens with zero attached hydrogens (tertiary/aromatic N) is 8. The van der Waals surface area contributed by atoms with Gasteiger partial charge in [0, 0.05) is 31.1 Å². The summed E-state index contributed by atoms with van der Waals surface area (Å²) >= 11 is 0. The fourth-order valence-electron chi connectivity index (χ4n) is 7.68. The van der Waals surface area contributed by atoms with Crippen LogP contribution in [0.5, 0.6) is 11.5 Å². The van der Waals surface area contributed by atoms with Crippen LogP contribution < -0.4 is 20.1 Å². The molecule has 3 aromatic heterocycles. The number of aryl methyl sites for hydroxylation is 1. The van der Waals surface area contributed by atoms with Gasteiger partial charge in [-0.05, 0) is 47.9 Å². The predicted molar refractivity (Wildman–Crippen MR) is 198 cm³/mol. The quantitative estimate of drug-likeness (QED) is 0.131. The Balaban J connectivity index is 1.28. The molecule has 0 aliphatic carbocycles. The average Bonchev–Trinajstić information content (AvgIpc) is 3.94. The summed E-state index contributed by atoms with van der Waals surface area (Å²) in [6, 6.07) is 24.5. The van der Waals surface area contributed by atoms with Gasteiger partial charge >= 0.3 is 11.7 Å². The number of benzene rings is 3. The van der Waals surface area contributed by atoms with Crippen molar-refractivity contribution in [2.75, 3.05) is 32.3 Å². The number of morpholine rings is 1. The number of fused-ring (bicyclic) bond motifs is 2. The van der Waals surface area contributed by atoms with Crippen molar-refractivity contribution in [3.63, 3.8) is 0 Å². The first-order valence-electron chi connectivity index (χ1n) is 17.6. The van der Waals surface area contributed by atoms with Crippen molar-refractivity contribution in [2.45, 2.75) is 43.4 Å². The van der Waals surface area contributed by atoms with Crippen molar-refractivity contribution >= 4 is 11.8 Å². The van der Waals surface area contributed by atoms with Crippen LogP contribution in [0.25, 0.3) is 5.82 Å². The molecule has 15 heteroatoms. The smallest absolute Gasteiger partial charge is 0.351 e. The van der Waals surface area contributed by atoms with Gasteiger partial charge < -0.3 is 28.6 Å². The largest absolute Gasteiger partial charge is 0.497 e. The van der Waals surface area contributed by atoms with Crippen LogP contribution in [-0.2, 0) is 24.6 Å². The first-order chi connectivity index (χ1) is 26.8. The van der Waals surface area contributed by atoms with Crippen molar-refractivity contribution in [3.8, 4) is 17.3 Å². The van der Waals surface area contributed by atoms with Crippen molar-refractivity contribution < 1.29 is 28.5 Å². The molecule has 2 aliphatic heterocycles. The summed E-state index contributed by atoms with van der Waals surface area (Å²) in [5, 5.41) is 4.16. The van der Waals surface area contributed by atoms with E-state index in [1.807, 2.05) is 90.7 Å². The molecule has 5 heterocycles. The molecule has 2 bridgehead atoms. The van der Waals surface area contributed by atoms with Gasteiger partial charge in [-0.3, -0.25) is 14.3 Å². The highest BCUT2D eigenvalue weighted by Gasteiger charge is 2.67. The Morgan fingerprint density at radius 3 is 2.18 bits per heavy atom. The molecule has 280 valence electrons. The Morgan fingerprint density at radius 1 is 0.927 bits per heavy atom. The normalized spacial score (nSPS) is 20.4. The molecule has 2 fully saturated rings. The molecule has 0 N–H and O–H groups in total. The molecule has 0 unspecified atom stereocenters. The van der Waals surface area contributed by atoms with Crippen LogP contribution in [0.2, 0.25) is 0 Å². The molecule has 3 aromatic carbocycles. The number of hydrogen-bond acceptors (Lipinski definition) is 13. The van der Waals surface area contributed by atoms with Crippen LogP contribution in [0.3, 0.4) is 0 Å². The number of esters is 1. The summed E-state index contributed by atoms with van der Waals surface area (Å²) in [6.45, 7) is 3.26. The maximum absolute atomic E-state index is 13.9. The predicted octanol–water partition coefficient (Wildman–Crippen LogP) is 4.04. The SMILES string of the molecule is COc1ccc(C(OC[C@@]23CN(c4cnccn4)[C@@H]([C@H](n4cc(C)c(-n5cncn5)nc4=O)O2)[C@@H]3OC(C)=O)(c2ccccc2)c2ccc(OC)cc2)cc1. The highest BCUT2D eigenvalue weighted by atomic mass is 16.6. The molecule has 2 aliphatic rings. The average molecular weight is 743 g/mol. The number of methoxy groups -OCH3 is 2. The topological polar surface area (TPSA) is 158 Å². The standard InChI is InChI=1S/C40H38N8O7/c1-26-21-46(38(50)45-36(26)48-25-42-24-44-48)37-34-35(54-27(2)49)39(55-37,22-47(34)33-20-41-18-19-43-33)23-53-40(28-8-6-5-7-9-28,29-10-14-31(51-3)15-11-29)30-12-16-32(52-4)17-13-30/h5-21,24-25,34-35,37H,22-23H2,1-4H3/t34-,35+,37-,39-/m1/s1. The lowest BCUT2D eigenvalue weighted by molar-refractivity contribution is -0.175. The van der Waals surface area contributed by atoms with Gasteiger partial charge in [-0.25, -0.2) is 19.4 Å². The Hall–Kier alpha value is -6.45. The highest BCUT2D eigenvalue weighted by Crippen LogP contribution is 2.51. The Labute approximate surface area is 316 Å². The lowest BCUT2D eigenvalue weighted by atomic mass is 9.79. The van der Waals surface area contributed by atoms with E-state index >= 15 is 0 Å². The molecule has 0 spiro atoms. The fraction of sp³-hybridized carbons (Fsp3) is 0.275. The number of carbonyl (C=O) groups excluding carboxylic acids is 1. The molecular formula is C40H38N8O7. The van der Waals surface area contributed by atoms with E-state index in [0.29, 0.717) is 28.7 Å². The Kier molecular flexibility index (Phi) is 9.32. The number of rotatable bonds is 12. The highest BCUT2D eigenvalue weighted by molar-refractivity contribution is 5.67. The lowest BCUT2D eigenvalue weighted by Gasteiger charge is -2.41. The lowest BCUT2D eigenvalue weighted by Crippen LogP contribution is -2.52. The first kappa shape index (κ1) is 35.6. The van der Waals surface area contributed by atoms with Gasteiger partial charge in [-0.1, -0.05) is 54.6 Å². The maximum Gasteiger partial charge on any atom is 0.351 e. The number of carbonyl (C=O) groups is 1. The minimum Gasteiger partial charge on any atom is -0.497 e. The molecule has 0 radical (unpaired) electrons. The van der Waals surface area contributed by atoms with Gasteiger partial charge in [0.15, 0.2) is 23.8 Å². The third-order valence-corrected chi connectivity index (χ3v) is 10.1. The van der Waals surface area contributed by atoms with E-state index in [9.17, 15) is 9.59 Å². The second-order valence-corrected chi connectivity index (χ2v) is 13.4. The van der Waals surface area contributed by atoms with Gasteiger partial charge in [-0.15, -0.1) is 0 Å². The minimum atomic E-state index is -1.32. The summed E-state index contributed by atoms with van der Waals surface area (Å²) in [5.41, 5.74) is -0.0601. The Morgan fingerprint density at radius 2 is 1.60 bits per heavy atom. The second kappa shape index (κ2) is 14.4. The van der Waals surface area contributed by atoms with Crippen molar-refractivity contribution in [1.82, 2.24) is 34.3 Å². The fourth-order valence-corrected chi connectivity index (χ4v) is 7.68. The van der Waals surface area contributed by atoms with E-state index in [1.54, 1.807) is 39.0 Å². The number of hydrogen-bond donors (Lipinski definition) is 0. The van der Waals surface area contributed by atoms with E-state index in [1.165, 1.54) is 28.8 Å². The summed E-state index contributed by atoms with van der Waals surface area (Å²) < 4.78 is 34.4. The van der Waals surface area contributed by atoms with Crippen molar-refractivity contribution in [2.24, 2.45) is 0 Å². The van der Waals surface area contributed by atoms with Crippen LogP contribution >= 0.6 is 0 Å². The van der Waals surface area contributed by atoms with Crippen LogP contribution in [0.4, 0.5) is 5.82 Å². The molecule has 6 aromatic rings. The third-order valence-electron chi connectivity index (χ3n) is 10.1. The molecule has 55 heavy (non-hydrogen) atoms. The van der Waals surface area contributed by atoms with Crippen LogP contribution in [0.1, 0.15) is 35.4 Å². The van der Waals surface area contributed by atoms with Gasteiger partial charge in [-0.2, -0.15) is 10.1 Å². The van der Waals surface area contributed by atoms with Gasteiger partial charge in [0.05, 0.1) is 33.6 Å². The number of ether oxygens (including phenoxy) is 5. The minimum absolute atomic E-state index is 0.0974. The van der Waals surface area contributed by atoms with Crippen LogP contribution in [0, 0.1) is 6.92 Å². The molecule has 8 rings (SSSR count). The number of anilines is 1. The van der Waals surface area contributed by atoms with Crippen molar-refractivity contribution in [3.05, 3.63) is 149 Å². The van der Waals surface area contributed by atoms with Gasteiger partial charge in [0.1, 0.15) is 41.6 Å². The van der Waals surface area contributed by atoms with E-state index in [4.69, 9.17) is 23.7 Å². The second-order valence-electron chi connectivity index (χ2n) is 13.4. The molecule has 15 nitrogen and oxygen atoms in total. The van der Waals surface area contributed by atoms with Gasteiger partial charge in [0.2, 0.25) is 0 Å².